The van der Waals surface area contributed by atoms with Gasteiger partial charge in [0.2, 0.25) is 5.91 Å². The van der Waals surface area contributed by atoms with E-state index < -0.39 is 41.5 Å². The molecule has 1 spiro atoms. The minimum atomic E-state index is -4.83. The third-order valence-corrected chi connectivity index (χ3v) is 9.58. The van der Waals surface area contributed by atoms with Gasteiger partial charge in [-0.05, 0) is 74.7 Å². The molecule has 4 aliphatic rings. The lowest BCUT2D eigenvalue weighted by Gasteiger charge is -2.65. The number of piperidine rings is 1. The molecule has 0 aromatic heterocycles. The van der Waals surface area contributed by atoms with Gasteiger partial charge < -0.3 is 23.8 Å². The van der Waals surface area contributed by atoms with E-state index in [2.05, 4.69) is 9.64 Å². The first-order valence-corrected chi connectivity index (χ1v) is 14.5. The monoisotopic (exact) mass is 614 g/mol. The number of hydrogen-bond acceptors (Lipinski definition) is 8. The number of benzene rings is 2. The van der Waals surface area contributed by atoms with E-state index in [-0.39, 0.29) is 23.4 Å². The lowest BCUT2D eigenvalue weighted by Crippen LogP contribution is -2.78. The molecule has 12 heteroatoms. The predicted molar refractivity (Wildman–Crippen MR) is 151 cm³/mol. The molecule has 1 saturated heterocycles. The maximum absolute atomic E-state index is 13.6. The van der Waals surface area contributed by atoms with Crippen LogP contribution in [0, 0.1) is 0 Å². The number of carbonyl (C=O) groups is 3. The third-order valence-electron chi connectivity index (χ3n) is 9.58. The first-order chi connectivity index (χ1) is 20.8. The number of nitrogens with zero attached hydrogens (tertiary/aromatic N) is 2. The van der Waals surface area contributed by atoms with Crippen LogP contribution >= 0.6 is 0 Å². The molecule has 1 amide bonds. The highest BCUT2D eigenvalue weighted by Crippen LogP contribution is 2.67. The molecule has 9 nitrogen and oxygen atoms in total. The summed E-state index contributed by atoms with van der Waals surface area (Å²) in [6.45, 7) is 3.41. The van der Waals surface area contributed by atoms with Crippen molar-refractivity contribution in [3.63, 3.8) is 0 Å². The number of amides is 1. The summed E-state index contributed by atoms with van der Waals surface area (Å²) in [4.78, 5) is 42.1. The highest BCUT2D eigenvalue weighted by atomic mass is 19.4. The van der Waals surface area contributed by atoms with Crippen LogP contribution in [0.4, 0.5) is 13.2 Å². The molecular formula is C32H33F3N2O7. The molecule has 2 heterocycles. The van der Waals surface area contributed by atoms with Crippen molar-refractivity contribution in [2.45, 2.75) is 75.1 Å². The van der Waals surface area contributed by atoms with Crippen molar-refractivity contribution in [1.82, 2.24) is 9.80 Å². The predicted octanol–water partition coefficient (Wildman–Crippen LogP) is 4.41. The molecule has 0 N–H and O–H groups in total. The van der Waals surface area contributed by atoms with Gasteiger partial charge in [0, 0.05) is 32.5 Å². The van der Waals surface area contributed by atoms with Gasteiger partial charge in [-0.2, -0.15) is 0 Å². The van der Waals surface area contributed by atoms with Crippen LogP contribution in [0.25, 0.3) is 6.08 Å². The number of hydrogen-bond donors (Lipinski definition) is 0. The Kier molecular flexibility index (Phi) is 7.18. The van der Waals surface area contributed by atoms with Crippen molar-refractivity contribution in [1.29, 1.82) is 0 Å². The Balaban J connectivity index is 1.38. The average molecular weight is 615 g/mol. The summed E-state index contributed by atoms with van der Waals surface area (Å²) in [5, 5.41) is 0. The zero-order valence-electron chi connectivity index (χ0n) is 24.8. The number of alkyl halides is 3. The standard InChI is InChI=1S/C32H33F3N2O7/c1-18(38)41-24-10-9-21-17-25-31(43-19(2)39)13-12-23(29-30(31,14-15-36(25)3)27(21)28(24)42-29)37(4)26(40)11-8-20-6-5-7-22(16-20)44-32(33,34)35/h5-11,16,23,25,29H,12-15,17H2,1-4H3/t23-,25+,29-,30-,31+/m0/s1. The topological polar surface area (TPSA) is 94.6 Å². The quantitative estimate of drug-likeness (QED) is 0.269. The summed E-state index contributed by atoms with van der Waals surface area (Å²) >= 11 is 0. The van der Waals surface area contributed by atoms with Crippen LogP contribution in [0.1, 0.15) is 49.8 Å². The van der Waals surface area contributed by atoms with Gasteiger partial charge in [0.25, 0.3) is 0 Å². The second kappa shape index (κ2) is 10.5. The first-order valence-electron chi connectivity index (χ1n) is 14.5. The van der Waals surface area contributed by atoms with Crippen LogP contribution in [0.5, 0.6) is 17.2 Å². The van der Waals surface area contributed by atoms with Crippen LogP contribution in [-0.4, -0.2) is 78.4 Å². The normalized spacial score (nSPS) is 28.6. The SMILES string of the molecule is CC(=O)Oc1ccc2c3c1O[C@H]1[C@@H](N(C)C(=O)C=Cc4cccc(OC(F)(F)F)c4)CC[C@@]4(OC(C)=O)[C@@H](C2)N(C)CC[C@]314. The van der Waals surface area contributed by atoms with Gasteiger partial charge in [0.1, 0.15) is 17.5 Å². The zero-order chi connectivity index (χ0) is 31.6. The Hall–Kier alpha value is -4.06. The molecule has 0 unspecified atom stereocenters. The van der Waals surface area contributed by atoms with E-state index in [1.807, 2.05) is 13.1 Å². The van der Waals surface area contributed by atoms with Gasteiger partial charge in [-0.25, -0.2) is 0 Å². The van der Waals surface area contributed by atoms with Crippen molar-refractivity contribution in [3.05, 3.63) is 59.2 Å². The molecule has 0 radical (unpaired) electrons. The van der Waals surface area contributed by atoms with Crippen LogP contribution in [-0.2, 0) is 31.0 Å². The largest absolute Gasteiger partial charge is 0.573 e. The molecule has 44 heavy (non-hydrogen) atoms. The van der Waals surface area contributed by atoms with Crippen LogP contribution in [0.3, 0.4) is 0 Å². The van der Waals surface area contributed by atoms with Crippen LogP contribution in [0.2, 0.25) is 0 Å². The maximum atomic E-state index is 13.6. The smallest absolute Gasteiger partial charge is 0.483 e. The molecule has 2 aliphatic carbocycles. The summed E-state index contributed by atoms with van der Waals surface area (Å²) in [5.74, 6) is -0.957. The van der Waals surface area contributed by atoms with Crippen molar-refractivity contribution >= 4 is 23.9 Å². The molecule has 2 fully saturated rings. The number of ether oxygens (including phenoxy) is 4. The minimum Gasteiger partial charge on any atom is -0.483 e. The summed E-state index contributed by atoms with van der Waals surface area (Å²) < 4.78 is 60.7. The van der Waals surface area contributed by atoms with Crippen molar-refractivity contribution in [2.24, 2.45) is 0 Å². The third kappa shape index (κ3) is 4.70. The molecular weight excluding hydrogens is 581 g/mol. The van der Waals surface area contributed by atoms with Crippen molar-refractivity contribution in [2.75, 3.05) is 20.6 Å². The highest BCUT2D eigenvalue weighted by Gasteiger charge is 2.75. The van der Waals surface area contributed by atoms with Crippen molar-refractivity contribution in [3.8, 4) is 17.2 Å². The van der Waals surface area contributed by atoms with E-state index in [9.17, 15) is 27.6 Å². The second-order valence-corrected chi connectivity index (χ2v) is 12.0. The number of carbonyl (C=O) groups excluding carboxylic acids is 3. The van der Waals surface area contributed by atoms with Crippen LogP contribution < -0.4 is 14.2 Å². The fourth-order valence-corrected chi connectivity index (χ4v) is 8.05. The molecule has 2 aliphatic heterocycles. The van der Waals surface area contributed by atoms with E-state index in [1.165, 1.54) is 44.2 Å². The van der Waals surface area contributed by atoms with E-state index >= 15 is 0 Å². The Labute approximate surface area is 252 Å². The number of halogens is 3. The Morgan fingerprint density at radius 3 is 2.59 bits per heavy atom. The Morgan fingerprint density at radius 1 is 1.11 bits per heavy atom. The van der Waals surface area contributed by atoms with Gasteiger partial charge in [-0.15, -0.1) is 13.2 Å². The van der Waals surface area contributed by atoms with E-state index in [0.29, 0.717) is 43.5 Å². The summed E-state index contributed by atoms with van der Waals surface area (Å²) in [7, 11) is 3.68. The zero-order valence-corrected chi connectivity index (χ0v) is 24.8. The molecule has 2 aromatic carbocycles. The Morgan fingerprint density at radius 2 is 1.89 bits per heavy atom. The number of likely N-dealkylation sites (N-methyl/N-ethyl adjacent to an activating group) is 2. The van der Waals surface area contributed by atoms with E-state index in [1.54, 1.807) is 24.1 Å². The number of rotatable bonds is 6. The van der Waals surface area contributed by atoms with E-state index in [0.717, 1.165) is 11.1 Å². The molecule has 1 saturated carbocycles. The summed E-state index contributed by atoms with van der Waals surface area (Å²) in [5.41, 5.74) is 0.510. The highest BCUT2D eigenvalue weighted by molar-refractivity contribution is 5.92. The lowest BCUT2D eigenvalue weighted by atomic mass is 9.48. The average Bonchev–Trinajstić information content (AvgIpc) is 3.29. The fraction of sp³-hybridized carbons (Fsp3) is 0.469. The van der Waals surface area contributed by atoms with Gasteiger partial charge in [-0.1, -0.05) is 18.2 Å². The van der Waals surface area contributed by atoms with Gasteiger partial charge in [-0.3, -0.25) is 19.3 Å². The van der Waals surface area contributed by atoms with Gasteiger partial charge in [0.05, 0.1) is 17.5 Å². The van der Waals surface area contributed by atoms with Gasteiger partial charge in [0.15, 0.2) is 11.5 Å². The second-order valence-electron chi connectivity index (χ2n) is 12.0. The number of esters is 2. The lowest BCUT2D eigenvalue weighted by molar-refractivity contribution is -0.274. The summed E-state index contributed by atoms with van der Waals surface area (Å²) in [6, 6.07) is 8.43. The van der Waals surface area contributed by atoms with E-state index in [4.69, 9.17) is 14.2 Å². The Bertz CT molecular complexity index is 1560. The fourth-order valence-electron chi connectivity index (χ4n) is 8.05. The molecule has 6 rings (SSSR count). The molecule has 234 valence electrons. The van der Waals surface area contributed by atoms with Crippen molar-refractivity contribution < 1.29 is 46.5 Å². The number of likely N-dealkylation sites (tertiary alicyclic amines) is 1. The molecule has 2 bridgehead atoms. The summed E-state index contributed by atoms with van der Waals surface area (Å²) in [6.07, 6.45) is -0.592. The molecule has 2 aromatic rings. The molecule has 5 atom stereocenters. The van der Waals surface area contributed by atoms with Gasteiger partial charge >= 0.3 is 18.3 Å². The first kappa shape index (κ1) is 30.0. The van der Waals surface area contributed by atoms with Crippen LogP contribution in [0.15, 0.2) is 42.5 Å². The maximum Gasteiger partial charge on any atom is 0.573 e. The minimum absolute atomic E-state index is 0.127.